The van der Waals surface area contributed by atoms with Crippen LogP contribution in [0.25, 0.3) is 0 Å². The van der Waals surface area contributed by atoms with Crippen molar-refractivity contribution in [3.63, 3.8) is 0 Å². The Balaban J connectivity index is 1.63. The van der Waals surface area contributed by atoms with Crippen LogP contribution < -0.4 is 10.1 Å². The van der Waals surface area contributed by atoms with Crippen LogP contribution in [0.3, 0.4) is 0 Å². The molecule has 0 atom stereocenters. The zero-order valence-electron chi connectivity index (χ0n) is 16.6. The fraction of sp³-hybridized carbons (Fsp3) is 0.190. The summed E-state index contributed by atoms with van der Waals surface area (Å²) in [6.07, 6.45) is 1.74. The van der Waals surface area contributed by atoms with Gasteiger partial charge < -0.3 is 10.1 Å². The van der Waals surface area contributed by atoms with Gasteiger partial charge in [-0.3, -0.25) is 9.36 Å². The molecule has 0 fully saturated rings. The average molecular weight is 498 g/mol. The minimum atomic E-state index is -0.203. The lowest BCUT2D eigenvalue weighted by Gasteiger charge is -2.11. The number of aryl methyl sites for hydroxylation is 1. The molecule has 162 valence electrons. The average Bonchev–Trinajstić information content (AvgIpc) is 3.10. The summed E-state index contributed by atoms with van der Waals surface area (Å²) in [5.74, 6) is 1.28. The first-order valence-electron chi connectivity index (χ1n) is 9.17. The van der Waals surface area contributed by atoms with Crippen molar-refractivity contribution in [3.8, 4) is 5.75 Å². The van der Waals surface area contributed by atoms with Gasteiger partial charge in [0.2, 0.25) is 5.91 Å². The van der Waals surface area contributed by atoms with Crippen LogP contribution in [-0.2, 0) is 17.9 Å². The van der Waals surface area contributed by atoms with Gasteiger partial charge in [-0.25, -0.2) is 0 Å². The number of halogens is 3. The Morgan fingerprint density at radius 1 is 1.19 bits per heavy atom. The van der Waals surface area contributed by atoms with Crippen molar-refractivity contribution in [1.29, 1.82) is 0 Å². The standard InChI is InChI=1S/C21H19Cl3N4O2S/c1-3-8-28-19(11-30-18-7-4-14(22)9-13(18)2)26-27-21(28)31-12-20(29)25-15-5-6-16(23)17(24)10-15/h3-7,9-10H,1,8,11-12H2,2H3,(H,25,29). The van der Waals surface area contributed by atoms with E-state index in [1.54, 1.807) is 30.3 Å². The molecular formula is C21H19Cl3N4O2S. The van der Waals surface area contributed by atoms with E-state index in [2.05, 4.69) is 22.1 Å². The molecule has 0 bridgehead atoms. The highest BCUT2D eigenvalue weighted by molar-refractivity contribution is 7.99. The Labute approximate surface area is 199 Å². The number of hydrogen-bond donors (Lipinski definition) is 1. The zero-order chi connectivity index (χ0) is 22.4. The van der Waals surface area contributed by atoms with Crippen LogP contribution in [0.4, 0.5) is 5.69 Å². The van der Waals surface area contributed by atoms with Crippen molar-refractivity contribution < 1.29 is 9.53 Å². The Morgan fingerprint density at radius 2 is 2.00 bits per heavy atom. The number of anilines is 1. The predicted molar refractivity (Wildman–Crippen MR) is 127 cm³/mol. The van der Waals surface area contributed by atoms with Crippen molar-refractivity contribution >= 4 is 58.2 Å². The second kappa shape index (κ2) is 10.9. The van der Waals surface area contributed by atoms with Gasteiger partial charge >= 0.3 is 0 Å². The third-order valence-corrected chi connectivity index (χ3v) is 6.08. The van der Waals surface area contributed by atoms with E-state index in [4.69, 9.17) is 39.5 Å². The first kappa shape index (κ1) is 23.5. The second-order valence-electron chi connectivity index (χ2n) is 6.46. The lowest BCUT2D eigenvalue weighted by Crippen LogP contribution is -2.15. The molecule has 0 spiro atoms. The molecule has 31 heavy (non-hydrogen) atoms. The fourth-order valence-electron chi connectivity index (χ4n) is 2.66. The van der Waals surface area contributed by atoms with E-state index in [0.717, 1.165) is 5.56 Å². The van der Waals surface area contributed by atoms with Crippen LogP contribution in [0.5, 0.6) is 5.75 Å². The molecule has 0 unspecified atom stereocenters. The van der Waals surface area contributed by atoms with Gasteiger partial charge in [0.25, 0.3) is 0 Å². The Kier molecular flexibility index (Phi) is 8.26. The summed E-state index contributed by atoms with van der Waals surface area (Å²) in [4.78, 5) is 12.3. The molecule has 0 radical (unpaired) electrons. The van der Waals surface area contributed by atoms with E-state index in [-0.39, 0.29) is 18.3 Å². The first-order chi connectivity index (χ1) is 14.9. The molecule has 6 nitrogen and oxygen atoms in total. The van der Waals surface area contributed by atoms with Crippen molar-refractivity contribution in [2.75, 3.05) is 11.1 Å². The molecule has 0 saturated carbocycles. The maximum atomic E-state index is 12.3. The third-order valence-electron chi connectivity index (χ3n) is 4.13. The molecule has 1 amide bonds. The number of benzene rings is 2. The maximum Gasteiger partial charge on any atom is 0.234 e. The highest BCUT2D eigenvalue weighted by Gasteiger charge is 2.15. The Morgan fingerprint density at radius 3 is 2.71 bits per heavy atom. The number of amides is 1. The van der Waals surface area contributed by atoms with Gasteiger partial charge in [0.15, 0.2) is 11.0 Å². The minimum absolute atomic E-state index is 0.146. The van der Waals surface area contributed by atoms with Gasteiger partial charge in [0, 0.05) is 17.3 Å². The van der Waals surface area contributed by atoms with Crippen LogP contribution in [0.15, 0.2) is 54.2 Å². The number of ether oxygens (including phenoxy) is 1. The van der Waals surface area contributed by atoms with Crippen LogP contribution in [0, 0.1) is 6.92 Å². The number of hydrogen-bond acceptors (Lipinski definition) is 5. The predicted octanol–water partition coefficient (Wildman–Crippen LogP) is 6.04. The molecule has 1 aromatic heterocycles. The number of rotatable bonds is 9. The smallest absolute Gasteiger partial charge is 0.234 e. The van der Waals surface area contributed by atoms with Crippen molar-refractivity contribution in [2.45, 2.75) is 25.2 Å². The monoisotopic (exact) mass is 496 g/mol. The van der Waals surface area contributed by atoms with Crippen LogP contribution in [-0.4, -0.2) is 26.4 Å². The lowest BCUT2D eigenvalue weighted by molar-refractivity contribution is -0.113. The maximum absolute atomic E-state index is 12.3. The molecule has 0 aliphatic rings. The SMILES string of the molecule is C=CCn1c(COc2ccc(Cl)cc2C)nnc1SCC(=O)Nc1ccc(Cl)c(Cl)c1. The van der Waals surface area contributed by atoms with Crippen molar-refractivity contribution in [3.05, 3.63) is 75.5 Å². The van der Waals surface area contributed by atoms with Gasteiger partial charge in [-0.05, 0) is 48.9 Å². The minimum Gasteiger partial charge on any atom is -0.485 e. The lowest BCUT2D eigenvalue weighted by atomic mass is 10.2. The molecule has 10 heteroatoms. The van der Waals surface area contributed by atoms with Gasteiger partial charge in [-0.2, -0.15) is 0 Å². The molecule has 0 aliphatic heterocycles. The quantitative estimate of drug-likeness (QED) is 0.288. The molecule has 1 N–H and O–H groups in total. The number of allylic oxidation sites excluding steroid dienone is 1. The van der Waals surface area contributed by atoms with E-state index in [9.17, 15) is 4.79 Å². The number of carbonyl (C=O) groups is 1. The summed E-state index contributed by atoms with van der Waals surface area (Å²) >= 11 is 19.1. The van der Waals surface area contributed by atoms with Crippen molar-refractivity contribution in [2.24, 2.45) is 0 Å². The number of nitrogens with one attached hydrogen (secondary N) is 1. The van der Waals surface area contributed by atoms with Gasteiger partial charge in [0.1, 0.15) is 12.4 Å². The van der Waals surface area contributed by atoms with E-state index in [1.165, 1.54) is 11.8 Å². The van der Waals surface area contributed by atoms with Gasteiger partial charge in [-0.1, -0.05) is 52.6 Å². The number of nitrogens with zero attached hydrogens (tertiary/aromatic N) is 3. The fourth-order valence-corrected chi connectivity index (χ4v) is 3.95. The molecular weight excluding hydrogens is 479 g/mol. The summed E-state index contributed by atoms with van der Waals surface area (Å²) in [5, 5.41) is 13.2. The van der Waals surface area contributed by atoms with E-state index in [0.29, 0.717) is 44.0 Å². The van der Waals surface area contributed by atoms with Crippen molar-refractivity contribution in [1.82, 2.24) is 14.8 Å². The summed E-state index contributed by atoms with van der Waals surface area (Å²) < 4.78 is 7.73. The number of aromatic nitrogens is 3. The van der Waals surface area contributed by atoms with Gasteiger partial charge in [0.05, 0.1) is 15.8 Å². The Bertz CT molecular complexity index is 1100. The van der Waals surface area contributed by atoms with E-state index >= 15 is 0 Å². The van der Waals surface area contributed by atoms with Crippen LogP contribution >= 0.6 is 46.6 Å². The number of carbonyl (C=O) groups excluding carboxylic acids is 1. The summed E-state index contributed by atoms with van der Waals surface area (Å²) in [6.45, 7) is 6.41. The highest BCUT2D eigenvalue weighted by Crippen LogP contribution is 2.26. The summed E-state index contributed by atoms with van der Waals surface area (Å²) in [6, 6.07) is 10.3. The first-order valence-corrected chi connectivity index (χ1v) is 11.3. The Hall–Kier alpha value is -2.19. The normalized spacial score (nSPS) is 10.7. The molecule has 3 rings (SSSR count). The molecule has 3 aromatic rings. The summed E-state index contributed by atoms with van der Waals surface area (Å²) in [7, 11) is 0. The van der Waals surface area contributed by atoms with E-state index in [1.807, 2.05) is 23.6 Å². The topological polar surface area (TPSA) is 69.0 Å². The molecule has 0 saturated heterocycles. The zero-order valence-corrected chi connectivity index (χ0v) is 19.7. The van der Waals surface area contributed by atoms with E-state index < -0.39 is 0 Å². The largest absolute Gasteiger partial charge is 0.485 e. The van der Waals surface area contributed by atoms with Crippen LogP contribution in [0.2, 0.25) is 15.1 Å². The molecule has 2 aromatic carbocycles. The second-order valence-corrected chi connectivity index (χ2v) is 8.66. The van der Waals surface area contributed by atoms with Crippen LogP contribution in [0.1, 0.15) is 11.4 Å². The molecule has 1 heterocycles. The highest BCUT2D eigenvalue weighted by atomic mass is 35.5. The molecule has 0 aliphatic carbocycles. The number of thioether (sulfide) groups is 1. The third kappa shape index (κ3) is 6.40. The van der Waals surface area contributed by atoms with Gasteiger partial charge in [-0.15, -0.1) is 16.8 Å². The summed E-state index contributed by atoms with van der Waals surface area (Å²) in [5.41, 5.74) is 1.50.